The Morgan fingerprint density at radius 1 is 0.811 bits per heavy atom. The summed E-state index contributed by atoms with van der Waals surface area (Å²) in [5.41, 5.74) is 6.58. The molecule has 5 aromatic rings. The second-order valence-electron chi connectivity index (χ2n) is 8.48. The first-order chi connectivity index (χ1) is 18.2. The molecule has 0 atom stereocenters. The fraction of sp³-hybridized carbons (Fsp3) is 0. The van der Waals surface area contributed by atoms with Gasteiger partial charge in [0, 0.05) is 17.1 Å². The topological polar surface area (TPSA) is 54.4 Å². The van der Waals surface area contributed by atoms with Gasteiger partial charge in [0.1, 0.15) is 0 Å². The van der Waals surface area contributed by atoms with Gasteiger partial charge >= 0.3 is 0 Å². The molecule has 4 aromatic carbocycles. The number of carbonyl (C=O) groups is 1. The lowest BCUT2D eigenvalue weighted by atomic mass is 10.00. The number of aromatic nitrogens is 1. The lowest BCUT2D eigenvalue weighted by Crippen LogP contribution is -2.19. The number of hydrogen-bond acceptors (Lipinski definition) is 4. The summed E-state index contributed by atoms with van der Waals surface area (Å²) in [6, 6.07) is 33.9. The second-order valence-corrected chi connectivity index (χ2v) is 9.92. The molecule has 4 nitrogen and oxygen atoms in total. The summed E-state index contributed by atoms with van der Waals surface area (Å²) in [4.78, 5) is 22.7. The van der Waals surface area contributed by atoms with Crippen molar-refractivity contribution in [3.8, 4) is 22.3 Å². The number of fused-ring (bicyclic) bond motifs is 1. The number of amides is 1. The van der Waals surface area contributed by atoms with Crippen molar-refractivity contribution < 1.29 is 4.79 Å². The van der Waals surface area contributed by atoms with Crippen LogP contribution in [0, 0.1) is 0 Å². The van der Waals surface area contributed by atoms with Crippen molar-refractivity contribution >= 4 is 57.1 Å². The van der Waals surface area contributed by atoms with E-state index in [1.807, 2.05) is 91.1 Å². The highest BCUT2D eigenvalue weighted by atomic mass is 35.5. The number of nitrogens with one attached hydrogen (secondary N) is 1. The van der Waals surface area contributed by atoms with Crippen LogP contribution < -0.4 is 5.32 Å². The summed E-state index contributed by atoms with van der Waals surface area (Å²) in [5.74, 6) is -0.188. The standard InChI is InChI=1S/C31H20ClN3OS/c32-26-13-7-12-24(22-10-5-2-6-11-22)29(26)34-31-35-30(36)28(37-31)19-20-14-15-27-25(18-20)23(16-17-33-27)21-8-3-1-4-9-21/h1-19H,(H,34,35,36)/b28-19-. The molecule has 6 heteroatoms. The zero-order valence-electron chi connectivity index (χ0n) is 19.6. The number of thioether (sulfide) groups is 1. The molecule has 2 heterocycles. The molecule has 1 saturated heterocycles. The number of hydrogen-bond donors (Lipinski definition) is 1. The van der Waals surface area contributed by atoms with Gasteiger partial charge in [-0.05, 0) is 64.4 Å². The average Bonchev–Trinajstić information content (AvgIpc) is 3.28. The summed E-state index contributed by atoms with van der Waals surface area (Å²) in [7, 11) is 0. The number of pyridine rings is 1. The molecule has 1 aliphatic heterocycles. The molecule has 0 radical (unpaired) electrons. The molecule has 0 saturated carbocycles. The Morgan fingerprint density at radius 3 is 2.30 bits per heavy atom. The van der Waals surface area contributed by atoms with Gasteiger partial charge < -0.3 is 5.32 Å². The lowest BCUT2D eigenvalue weighted by molar-refractivity contribution is -0.115. The molecule has 0 bridgehead atoms. The highest BCUT2D eigenvalue weighted by Gasteiger charge is 2.25. The number of carbonyl (C=O) groups excluding carboxylic acids is 1. The Morgan fingerprint density at radius 2 is 1.54 bits per heavy atom. The van der Waals surface area contributed by atoms with Gasteiger partial charge in [-0.2, -0.15) is 0 Å². The minimum absolute atomic E-state index is 0.188. The summed E-state index contributed by atoms with van der Waals surface area (Å²) >= 11 is 7.83. The van der Waals surface area contributed by atoms with Crippen LogP contribution in [0.2, 0.25) is 5.02 Å². The average molecular weight is 518 g/mol. The molecule has 1 fully saturated rings. The number of rotatable bonds is 4. The van der Waals surface area contributed by atoms with Crippen LogP contribution in [-0.4, -0.2) is 16.1 Å². The van der Waals surface area contributed by atoms with Gasteiger partial charge in [0.05, 0.1) is 21.1 Å². The van der Waals surface area contributed by atoms with E-state index >= 15 is 0 Å². The Labute approximate surface area is 223 Å². The number of aliphatic imine (C=N–C) groups is 1. The van der Waals surface area contributed by atoms with Gasteiger partial charge in [-0.25, -0.2) is 4.99 Å². The number of nitrogens with zero attached hydrogens (tertiary/aromatic N) is 2. The van der Waals surface area contributed by atoms with E-state index in [9.17, 15) is 4.79 Å². The predicted molar refractivity (Wildman–Crippen MR) is 155 cm³/mol. The van der Waals surface area contributed by atoms with Crippen LogP contribution in [-0.2, 0) is 4.79 Å². The maximum atomic E-state index is 12.8. The molecule has 37 heavy (non-hydrogen) atoms. The molecule has 178 valence electrons. The maximum Gasteiger partial charge on any atom is 0.264 e. The molecular weight excluding hydrogens is 498 g/mol. The van der Waals surface area contributed by atoms with E-state index in [0.717, 1.165) is 38.7 Å². The predicted octanol–water partition coefficient (Wildman–Crippen LogP) is 8.11. The van der Waals surface area contributed by atoms with Crippen molar-refractivity contribution in [2.75, 3.05) is 0 Å². The summed E-state index contributed by atoms with van der Waals surface area (Å²) in [6.45, 7) is 0. The lowest BCUT2D eigenvalue weighted by Gasteiger charge is -2.08. The first-order valence-corrected chi connectivity index (χ1v) is 12.9. The van der Waals surface area contributed by atoms with Crippen molar-refractivity contribution in [1.82, 2.24) is 10.3 Å². The summed E-state index contributed by atoms with van der Waals surface area (Å²) < 4.78 is 0. The number of benzene rings is 4. The molecule has 0 spiro atoms. The minimum Gasteiger partial charge on any atom is -0.300 e. The van der Waals surface area contributed by atoms with E-state index in [1.54, 1.807) is 6.07 Å². The van der Waals surface area contributed by atoms with Crippen molar-refractivity contribution in [3.63, 3.8) is 0 Å². The Balaban J connectivity index is 1.35. The Kier molecular flexibility index (Phi) is 6.31. The number of halogens is 1. The number of amidine groups is 1. The van der Waals surface area contributed by atoms with Crippen LogP contribution in [0.25, 0.3) is 39.2 Å². The fourth-order valence-electron chi connectivity index (χ4n) is 4.34. The molecule has 0 aliphatic carbocycles. The van der Waals surface area contributed by atoms with Gasteiger partial charge in [-0.15, -0.1) is 0 Å². The zero-order valence-corrected chi connectivity index (χ0v) is 21.1. The number of para-hydroxylation sites is 1. The SMILES string of the molecule is O=C1NC(=Nc2c(Cl)cccc2-c2ccccc2)S/C1=C\c1ccc2nccc(-c3ccccc3)c2c1. The monoisotopic (exact) mass is 517 g/mol. The summed E-state index contributed by atoms with van der Waals surface area (Å²) in [6.07, 6.45) is 3.71. The summed E-state index contributed by atoms with van der Waals surface area (Å²) in [5, 5.41) is 4.94. The highest BCUT2D eigenvalue weighted by molar-refractivity contribution is 8.18. The quantitative estimate of drug-likeness (QED) is 0.245. The maximum absolute atomic E-state index is 12.8. The van der Waals surface area contributed by atoms with Crippen LogP contribution in [0.1, 0.15) is 5.56 Å². The molecule has 6 rings (SSSR count). The largest absolute Gasteiger partial charge is 0.300 e. The van der Waals surface area contributed by atoms with Gasteiger partial charge in [0.15, 0.2) is 5.17 Å². The van der Waals surface area contributed by atoms with Crippen molar-refractivity contribution in [1.29, 1.82) is 0 Å². The van der Waals surface area contributed by atoms with E-state index in [4.69, 9.17) is 16.6 Å². The Bertz CT molecular complexity index is 1700. The van der Waals surface area contributed by atoms with Crippen LogP contribution in [0.15, 0.2) is 119 Å². The molecule has 0 unspecified atom stereocenters. The van der Waals surface area contributed by atoms with Crippen molar-refractivity contribution in [2.45, 2.75) is 0 Å². The van der Waals surface area contributed by atoms with E-state index in [2.05, 4.69) is 28.5 Å². The third-order valence-electron chi connectivity index (χ3n) is 6.08. The van der Waals surface area contributed by atoms with Gasteiger partial charge in [-0.1, -0.05) is 90.5 Å². The first kappa shape index (κ1) is 23.2. The third-order valence-corrected chi connectivity index (χ3v) is 7.30. The molecule has 1 N–H and O–H groups in total. The minimum atomic E-state index is -0.188. The van der Waals surface area contributed by atoms with Crippen LogP contribution in [0.3, 0.4) is 0 Å². The van der Waals surface area contributed by atoms with Crippen molar-refractivity contribution in [2.24, 2.45) is 4.99 Å². The second kappa shape index (κ2) is 10.1. The van der Waals surface area contributed by atoms with E-state index in [1.165, 1.54) is 11.8 Å². The van der Waals surface area contributed by atoms with E-state index < -0.39 is 0 Å². The Hall–Kier alpha value is -4.19. The molecular formula is C31H20ClN3OS. The van der Waals surface area contributed by atoms with Gasteiger partial charge in [0.2, 0.25) is 0 Å². The third kappa shape index (κ3) is 4.79. The fourth-order valence-corrected chi connectivity index (χ4v) is 5.38. The van der Waals surface area contributed by atoms with Gasteiger partial charge in [0.25, 0.3) is 5.91 Å². The normalized spacial score (nSPS) is 15.4. The highest BCUT2D eigenvalue weighted by Crippen LogP contribution is 2.38. The molecule has 1 aliphatic rings. The van der Waals surface area contributed by atoms with Crippen molar-refractivity contribution in [3.05, 3.63) is 125 Å². The first-order valence-electron chi connectivity index (χ1n) is 11.7. The molecule has 1 amide bonds. The zero-order chi connectivity index (χ0) is 25.2. The van der Waals surface area contributed by atoms with E-state index in [-0.39, 0.29) is 5.91 Å². The van der Waals surface area contributed by atoms with E-state index in [0.29, 0.717) is 20.8 Å². The van der Waals surface area contributed by atoms with Crippen LogP contribution >= 0.6 is 23.4 Å². The van der Waals surface area contributed by atoms with Crippen LogP contribution in [0.5, 0.6) is 0 Å². The smallest absolute Gasteiger partial charge is 0.264 e. The molecule has 1 aromatic heterocycles. The van der Waals surface area contributed by atoms with Crippen LogP contribution in [0.4, 0.5) is 5.69 Å². The van der Waals surface area contributed by atoms with Gasteiger partial charge in [-0.3, -0.25) is 9.78 Å².